The van der Waals surface area contributed by atoms with E-state index in [4.69, 9.17) is 4.74 Å². The highest BCUT2D eigenvalue weighted by Gasteiger charge is 2.11. The monoisotopic (exact) mass is 250 g/mol. The minimum atomic E-state index is 0.309. The van der Waals surface area contributed by atoms with Gasteiger partial charge in [-0.2, -0.15) is 0 Å². The minimum absolute atomic E-state index is 0.309. The first-order chi connectivity index (χ1) is 8.38. The summed E-state index contributed by atoms with van der Waals surface area (Å²) in [7, 11) is 0. The van der Waals surface area contributed by atoms with Crippen molar-refractivity contribution in [3.05, 3.63) is 24.0 Å². The van der Waals surface area contributed by atoms with Crippen LogP contribution in [0.1, 0.15) is 46.6 Å². The average molecular weight is 250 g/mol. The maximum Gasteiger partial charge on any atom is 0.126 e. The Balaban J connectivity index is 2.53. The van der Waals surface area contributed by atoms with Crippen molar-refractivity contribution >= 4 is 0 Å². The van der Waals surface area contributed by atoms with Crippen molar-refractivity contribution in [2.24, 2.45) is 5.41 Å². The van der Waals surface area contributed by atoms with Crippen molar-refractivity contribution < 1.29 is 4.74 Å². The normalized spacial score (nSPS) is 11.9. The summed E-state index contributed by atoms with van der Waals surface area (Å²) in [6.45, 7) is 12.5. The molecule has 1 aromatic heterocycles. The first-order valence-electron chi connectivity index (χ1n) is 6.67. The fraction of sp³-hybridized carbons (Fsp3) is 0.667. The lowest BCUT2D eigenvalue weighted by Gasteiger charge is -2.19. The van der Waals surface area contributed by atoms with Crippen molar-refractivity contribution in [3.63, 3.8) is 0 Å². The summed E-state index contributed by atoms with van der Waals surface area (Å²) in [5.74, 6) is 0.947. The highest BCUT2D eigenvalue weighted by atomic mass is 16.5. The fourth-order valence-corrected chi connectivity index (χ4v) is 1.47. The number of rotatable bonds is 6. The molecule has 3 nitrogen and oxygen atoms in total. The van der Waals surface area contributed by atoms with Gasteiger partial charge in [0.05, 0.1) is 6.61 Å². The number of pyridine rings is 1. The molecule has 0 fully saturated rings. The topological polar surface area (TPSA) is 34.2 Å². The Bertz CT molecular complexity index is 356. The molecule has 0 saturated heterocycles. The highest BCUT2D eigenvalue weighted by Crippen LogP contribution is 2.21. The smallest absolute Gasteiger partial charge is 0.126 e. The molecule has 0 saturated carbocycles. The molecule has 1 rings (SSSR count). The molecule has 0 aromatic carbocycles. The number of aromatic nitrogens is 1. The average Bonchev–Trinajstić information content (AvgIpc) is 2.26. The van der Waals surface area contributed by atoms with Crippen LogP contribution < -0.4 is 10.1 Å². The molecule has 0 aliphatic rings. The molecule has 18 heavy (non-hydrogen) atoms. The van der Waals surface area contributed by atoms with Crippen LogP contribution in [0.3, 0.4) is 0 Å². The van der Waals surface area contributed by atoms with Gasteiger partial charge in [0.1, 0.15) is 5.75 Å². The molecule has 0 bridgehead atoms. The maximum atomic E-state index is 5.87. The molecule has 0 amide bonds. The summed E-state index contributed by atoms with van der Waals surface area (Å²) in [6.07, 6.45) is 4.71. The van der Waals surface area contributed by atoms with Crippen LogP contribution in [0, 0.1) is 5.41 Å². The first-order valence-corrected chi connectivity index (χ1v) is 6.67. The van der Waals surface area contributed by atoms with E-state index in [9.17, 15) is 0 Å². The van der Waals surface area contributed by atoms with Crippen molar-refractivity contribution in [2.75, 3.05) is 6.61 Å². The van der Waals surface area contributed by atoms with Crippen LogP contribution in [0.4, 0.5) is 0 Å². The molecule has 1 N–H and O–H groups in total. The van der Waals surface area contributed by atoms with Gasteiger partial charge in [0.15, 0.2) is 0 Å². The van der Waals surface area contributed by atoms with Gasteiger partial charge in [-0.05, 0) is 17.9 Å². The predicted molar refractivity (Wildman–Crippen MR) is 75.8 cm³/mol. The molecule has 102 valence electrons. The van der Waals surface area contributed by atoms with Gasteiger partial charge in [0.25, 0.3) is 0 Å². The molecule has 3 heteroatoms. The van der Waals surface area contributed by atoms with Gasteiger partial charge in [-0.15, -0.1) is 0 Å². The van der Waals surface area contributed by atoms with E-state index >= 15 is 0 Å². The molecule has 1 aromatic rings. The number of nitrogens with one attached hydrogen (secondary N) is 1. The van der Waals surface area contributed by atoms with Crippen LogP contribution in [-0.2, 0) is 6.54 Å². The Morgan fingerprint density at radius 2 is 2.06 bits per heavy atom. The van der Waals surface area contributed by atoms with Crippen molar-refractivity contribution in [2.45, 2.75) is 53.6 Å². The summed E-state index contributed by atoms with van der Waals surface area (Å²) < 4.78 is 5.87. The van der Waals surface area contributed by atoms with Crippen molar-refractivity contribution in [3.8, 4) is 5.75 Å². The summed E-state index contributed by atoms with van der Waals surface area (Å²) >= 11 is 0. The molecule has 0 spiro atoms. The van der Waals surface area contributed by atoms with E-state index in [1.165, 1.54) is 0 Å². The second-order valence-corrected chi connectivity index (χ2v) is 6.18. The van der Waals surface area contributed by atoms with Gasteiger partial charge < -0.3 is 10.1 Å². The Labute approximate surface area is 111 Å². The zero-order chi connectivity index (χ0) is 13.6. The molecular formula is C15H26N2O. The maximum absolute atomic E-state index is 5.87. The molecule has 0 aliphatic heterocycles. The Kier molecular flexibility index (Phi) is 5.60. The van der Waals surface area contributed by atoms with E-state index in [0.29, 0.717) is 11.5 Å². The Morgan fingerprint density at radius 1 is 1.33 bits per heavy atom. The quantitative estimate of drug-likeness (QED) is 0.840. The summed E-state index contributed by atoms with van der Waals surface area (Å²) in [5.41, 5.74) is 1.43. The van der Waals surface area contributed by atoms with E-state index in [2.05, 4.69) is 44.9 Å². The highest BCUT2D eigenvalue weighted by molar-refractivity contribution is 5.29. The lowest BCUT2D eigenvalue weighted by atomic mass is 9.93. The predicted octanol–water partition coefficient (Wildman–Crippen LogP) is 3.39. The second kappa shape index (κ2) is 6.74. The van der Waals surface area contributed by atoms with Crippen LogP contribution in [0.25, 0.3) is 0 Å². The van der Waals surface area contributed by atoms with Crippen molar-refractivity contribution in [1.29, 1.82) is 0 Å². The van der Waals surface area contributed by atoms with Gasteiger partial charge in [-0.25, -0.2) is 0 Å². The van der Waals surface area contributed by atoms with Gasteiger partial charge in [-0.3, -0.25) is 4.98 Å². The molecule has 1 heterocycles. The molecule has 0 radical (unpaired) electrons. The number of hydrogen-bond donors (Lipinski definition) is 1. The first kappa shape index (κ1) is 15.0. The molecule has 0 aliphatic carbocycles. The van der Waals surface area contributed by atoms with Gasteiger partial charge in [0, 0.05) is 30.5 Å². The van der Waals surface area contributed by atoms with E-state index in [1.807, 2.05) is 12.3 Å². The number of nitrogens with zero attached hydrogens (tertiary/aromatic N) is 1. The van der Waals surface area contributed by atoms with Crippen LogP contribution in [0.2, 0.25) is 0 Å². The van der Waals surface area contributed by atoms with E-state index in [-0.39, 0.29) is 0 Å². The van der Waals surface area contributed by atoms with Gasteiger partial charge in [-0.1, -0.05) is 34.6 Å². The number of hydrogen-bond acceptors (Lipinski definition) is 3. The van der Waals surface area contributed by atoms with Crippen LogP contribution in [-0.4, -0.2) is 17.6 Å². The summed E-state index contributed by atoms with van der Waals surface area (Å²) in [4.78, 5) is 4.16. The zero-order valence-corrected chi connectivity index (χ0v) is 12.3. The molecular weight excluding hydrogens is 224 g/mol. The molecule has 0 atom stereocenters. The third kappa shape index (κ3) is 6.01. The van der Waals surface area contributed by atoms with Gasteiger partial charge >= 0.3 is 0 Å². The van der Waals surface area contributed by atoms with Crippen molar-refractivity contribution in [1.82, 2.24) is 10.3 Å². The lowest BCUT2D eigenvalue weighted by molar-refractivity contribution is 0.240. The van der Waals surface area contributed by atoms with Gasteiger partial charge in [0.2, 0.25) is 0 Å². The molecule has 0 unspecified atom stereocenters. The lowest BCUT2D eigenvalue weighted by Crippen LogP contribution is -2.22. The van der Waals surface area contributed by atoms with Crippen LogP contribution in [0.5, 0.6) is 5.75 Å². The minimum Gasteiger partial charge on any atom is -0.493 e. The third-order valence-corrected chi connectivity index (χ3v) is 2.67. The number of ether oxygens (including phenoxy) is 1. The third-order valence-electron chi connectivity index (χ3n) is 2.67. The summed E-state index contributed by atoms with van der Waals surface area (Å²) in [5, 5.41) is 3.39. The van der Waals surface area contributed by atoms with E-state index in [1.54, 1.807) is 6.20 Å². The Hall–Kier alpha value is -1.09. The van der Waals surface area contributed by atoms with Crippen LogP contribution in [0.15, 0.2) is 18.5 Å². The largest absolute Gasteiger partial charge is 0.493 e. The standard InChI is InChI=1S/C15H26N2O/c1-12(2)17-11-13-10-16-8-6-14(13)18-9-7-15(3,4)5/h6,8,10,12,17H,7,9,11H2,1-5H3. The SMILES string of the molecule is CC(C)NCc1cnccc1OCCC(C)(C)C. The van der Waals surface area contributed by atoms with E-state index in [0.717, 1.165) is 30.9 Å². The Morgan fingerprint density at radius 3 is 2.67 bits per heavy atom. The van der Waals surface area contributed by atoms with Crippen LogP contribution >= 0.6 is 0 Å². The second-order valence-electron chi connectivity index (χ2n) is 6.18. The fourth-order valence-electron chi connectivity index (χ4n) is 1.47. The summed E-state index contributed by atoms with van der Waals surface area (Å²) in [6, 6.07) is 2.41. The van der Waals surface area contributed by atoms with E-state index < -0.39 is 0 Å². The zero-order valence-electron chi connectivity index (χ0n) is 12.3.